The van der Waals surface area contributed by atoms with E-state index >= 15 is 0 Å². The number of carbonyl (C=O) groups is 1. The van der Waals surface area contributed by atoms with E-state index in [0.29, 0.717) is 24.1 Å². The van der Waals surface area contributed by atoms with E-state index in [9.17, 15) is 14.0 Å². The molecular formula is C21H17FN2O2. The number of hydrogen-bond acceptors (Lipinski definition) is 2. The Labute approximate surface area is 149 Å². The lowest BCUT2D eigenvalue weighted by Crippen LogP contribution is -2.32. The molecule has 2 aromatic carbocycles. The number of benzene rings is 2. The number of pyridine rings is 1. The second kappa shape index (κ2) is 6.59. The van der Waals surface area contributed by atoms with Crippen LogP contribution in [0.1, 0.15) is 33.9 Å². The molecule has 2 N–H and O–H groups in total. The van der Waals surface area contributed by atoms with Gasteiger partial charge in [0.15, 0.2) is 0 Å². The van der Waals surface area contributed by atoms with Crippen molar-refractivity contribution >= 4 is 5.91 Å². The third-order valence-corrected chi connectivity index (χ3v) is 4.76. The van der Waals surface area contributed by atoms with Gasteiger partial charge in [0.2, 0.25) is 0 Å². The molecule has 1 aliphatic carbocycles. The van der Waals surface area contributed by atoms with Crippen LogP contribution in [-0.2, 0) is 6.42 Å². The van der Waals surface area contributed by atoms with Crippen LogP contribution >= 0.6 is 0 Å². The van der Waals surface area contributed by atoms with Crippen LogP contribution in [0, 0.1) is 5.82 Å². The van der Waals surface area contributed by atoms with Crippen molar-refractivity contribution in [2.45, 2.75) is 18.9 Å². The van der Waals surface area contributed by atoms with Gasteiger partial charge in [0.1, 0.15) is 11.4 Å². The maximum atomic E-state index is 13.8. The molecule has 0 saturated carbocycles. The summed E-state index contributed by atoms with van der Waals surface area (Å²) in [6.45, 7) is 0. The molecule has 0 fully saturated rings. The molecular weight excluding hydrogens is 331 g/mol. The van der Waals surface area contributed by atoms with Crippen molar-refractivity contribution in [2.24, 2.45) is 0 Å². The molecule has 5 heteroatoms. The Hall–Kier alpha value is -3.21. The minimum absolute atomic E-state index is 0.0505. The summed E-state index contributed by atoms with van der Waals surface area (Å²) in [4.78, 5) is 27.6. The van der Waals surface area contributed by atoms with Crippen molar-refractivity contribution in [1.82, 2.24) is 10.3 Å². The third-order valence-electron chi connectivity index (χ3n) is 4.76. The Bertz CT molecular complexity index is 1030. The molecule has 4 nitrogen and oxygen atoms in total. The maximum absolute atomic E-state index is 13.8. The van der Waals surface area contributed by atoms with Crippen molar-refractivity contribution in [3.8, 4) is 11.3 Å². The summed E-state index contributed by atoms with van der Waals surface area (Å²) >= 11 is 0. The lowest BCUT2D eigenvalue weighted by atomic mass is 10.1. The first kappa shape index (κ1) is 16.3. The number of fused-ring (bicyclic) bond motifs is 1. The zero-order valence-electron chi connectivity index (χ0n) is 14.0. The summed E-state index contributed by atoms with van der Waals surface area (Å²) in [5.41, 5.74) is 2.56. The van der Waals surface area contributed by atoms with Gasteiger partial charge in [0.05, 0.1) is 6.04 Å². The number of H-pyrrole nitrogens is 1. The fraction of sp³-hybridized carbons (Fsp3) is 0.143. The lowest BCUT2D eigenvalue weighted by molar-refractivity contribution is 0.0935. The standard InChI is InChI=1S/C21H17FN2O2/c22-17-8-4-7-15-14(17)9-12-19(15)24-21(26)16-10-11-18(23-20(16)25)13-5-2-1-3-6-13/h1-8,10-11,19H,9,12H2,(H,23,25)(H,24,26). The first-order valence-corrected chi connectivity index (χ1v) is 8.50. The van der Waals surface area contributed by atoms with E-state index in [0.717, 1.165) is 11.1 Å². The fourth-order valence-electron chi connectivity index (χ4n) is 3.43. The van der Waals surface area contributed by atoms with Gasteiger partial charge in [-0.2, -0.15) is 0 Å². The minimum Gasteiger partial charge on any atom is -0.345 e. The Balaban J connectivity index is 1.57. The second-order valence-electron chi connectivity index (χ2n) is 6.35. The molecule has 1 aliphatic rings. The van der Waals surface area contributed by atoms with Gasteiger partial charge in [0.25, 0.3) is 11.5 Å². The van der Waals surface area contributed by atoms with Gasteiger partial charge in [-0.1, -0.05) is 42.5 Å². The molecule has 1 aromatic heterocycles. The number of nitrogens with one attached hydrogen (secondary N) is 2. The summed E-state index contributed by atoms with van der Waals surface area (Å²) in [5.74, 6) is -0.697. The Morgan fingerprint density at radius 3 is 2.62 bits per heavy atom. The molecule has 1 heterocycles. The fourth-order valence-corrected chi connectivity index (χ4v) is 3.43. The van der Waals surface area contributed by atoms with E-state index in [2.05, 4.69) is 10.3 Å². The molecule has 1 amide bonds. The van der Waals surface area contributed by atoms with E-state index in [1.807, 2.05) is 36.4 Å². The average Bonchev–Trinajstić information content (AvgIpc) is 3.06. The molecule has 0 radical (unpaired) electrons. The van der Waals surface area contributed by atoms with Crippen molar-refractivity contribution < 1.29 is 9.18 Å². The van der Waals surface area contributed by atoms with Gasteiger partial charge in [-0.05, 0) is 47.7 Å². The second-order valence-corrected chi connectivity index (χ2v) is 6.35. The molecule has 130 valence electrons. The highest BCUT2D eigenvalue weighted by Gasteiger charge is 2.27. The predicted octanol–water partition coefficient (Wildman–Crippen LogP) is 3.60. The minimum atomic E-state index is -0.451. The highest BCUT2D eigenvalue weighted by atomic mass is 19.1. The summed E-state index contributed by atoms with van der Waals surface area (Å²) in [6.07, 6.45) is 1.21. The number of aromatic amines is 1. The van der Waals surface area contributed by atoms with Gasteiger partial charge >= 0.3 is 0 Å². The van der Waals surface area contributed by atoms with E-state index in [4.69, 9.17) is 0 Å². The molecule has 4 rings (SSSR count). The van der Waals surface area contributed by atoms with E-state index < -0.39 is 11.5 Å². The highest BCUT2D eigenvalue weighted by molar-refractivity contribution is 5.94. The molecule has 0 bridgehead atoms. The number of amides is 1. The van der Waals surface area contributed by atoms with Crippen LogP contribution in [0.2, 0.25) is 0 Å². The van der Waals surface area contributed by atoms with E-state index in [1.54, 1.807) is 12.1 Å². The van der Waals surface area contributed by atoms with Gasteiger partial charge in [0, 0.05) is 5.69 Å². The summed E-state index contributed by atoms with van der Waals surface area (Å²) in [5, 5.41) is 2.85. The molecule has 1 atom stereocenters. The molecule has 0 aliphatic heterocycles. The van der Waals surface area contributed by atoms with Crippen LogP contribution in [0.15, 0.2) is 65.5 Å². The number of rotatable bonds is 3. The number of hydrogen-bond donors (Lipinski definition) is 2. The van der Waals surface area contributed by atoms with Crippen LogP contribution in [-0.4, -0.2) is 10.9 Å². The summed E-state index contributed by atoms with van der Waals surface area (Å²) < 4.78 is 13.8. The van der Waals surface area contributed by atoms with Gasteiger partial charge in [-0.25, -0.2) is 4.39 Å². The number of aromatic nitrogens is 1. The SMILES string of the molecule is O=C(NC1CCc2c(F)cccc21)c1ccc(-c2ccccc2)[nH]c1=O. The summed E-state index contributed by atoms with van der Waals surface area (Å²) in [6, 6.07) is 17.3. The number of carbonyl (C=O) groups excluding carboxylic acids is 1. The normalized spacial score (nSPS) is 15.5. The smallest absolute Gasteiger partial charge is 0.261 e. The van der Waals surface area contributed by atoms with Gasteiger partial charge < -0.3 is 10.3 Å². The predicted molar refractivity (Wildman–Crippen MR) is 97.4 cm³/mol. The molecule has 1 unspecified atom stereocenters. The van der Waals surface area contributed by atoms with Crippen molar-refractivity contribution in [3.05, 3.63) is 93.5 Å². The first-order valence-electron chi connectivity index (χ1n) is 8.50. The van der Waals surface area contributed by atoms with Crippen LogP contribution < -0.4 is 10.9 Å². The first-order chi connectivity index (χ1) is 12.6. The Morgan fingerprint density at radius 2 is 1.85 bits per heavy atom. The zero-order chi connectivity index (χ0) is 18.1. The van der Waals surface area contributed by atoms with Crippen molar-refractivity contribution in [3.63, 3.8) is 0 Å². The van der Waals surface area contributed by atoms with Crippen LogP contribution in [0.5, 0.6) is 0 Å². The Kier molecular flexibility index (Phi) is 4.13. The van der Waals surface area contributed by atoms with E-state index in [1.165, 1.54) is 12.1 Å². The molecule has 0 saturated heterocycles. The van der Waals surface area contributed by atoms with E-state index in [-0.39, 0.29) is 17.4 Å². The largest absolute Gasteiger partial charge is 0.345 e. The monoisotopic (exact) mass is 348 g/mol. The van der Waals surface area contributed by atoms with Gasteiger partial charge in [-0.15, -0.1) is 0 Å². The molecule has 0 spiro atoms. The topological polar surface area (TPSA) is 62.0 Å². The van der Waals surface area contributed by atoms with Crippen LogP contribution in [0.25, 0.3) is 11.3 Å². The van der Waals surface area contributed by atoms with Crippen LogP contribution in [0.3, 0.4) is 0 Å². The zero-order valence-corrected chi connectivity index (χ0v) is 14.0. The van der Waals surface area contributed by atoms with Crippen molar-refractivity contribution in [2.75, 3.05) is 0 Å². The lowest BCUT2D eigenvalue weighted by Gasteiger charge is -2.14. The molecule has 26 heavy (non-hydrogen) atoms. The third kappa shape index (κ3) is 2.92. The van der Waals surface area contributed by atoms with Gasteiger partial charge in [-0.3, -0.25) is 9.59 Å². The van der Waals surface area contributed by atoms with Crippen LogP contribution in [0.4, 0.5) is 4.39 Å². The Morgan fingerprint density at radius 1 is 1.04 bits per heavy atom. The average molecular weight is 348 g/mol. The molecule has 3 aromatic rings. The maximum Gasteiger partial charge on any atom is 0.261 e. The summed E-state index contributed by atoms with van der Waals surface area (Å²) in [7, 11) is 0. The highest BCUT2D eigenvalue weighted by Crippen LogP contribution is 2.32. The number of halogens is 1. The quantitative estimate of drug-likeness (QED) is 0.760. The van der Waals surface area contributed by atoms with Crippen molar-refractivity contribution in [1.29, 1.82) is 0 Å².